The summed E-state index contributed by atoms with van der Waals surface area (Å²) in [4.78, 5) is 1.18. The van der Waals surface area contributed by atoms with Gasteiger partial charge in [-0.1, -0.05) is 12.2 Å². The van der Waals surface area contributed by atoms with Gasteiger partial charge in [-0.05, 0) is 30.0 Å². The normalized spacial score (nSPS) is 10.9. The standard InChI is InChI=1S/C9H8N2S2/c1-6-2-3-13-8(6)4-7(5-10)9(11)12/h2-4H,1H3,(H2,11,12). The molecular weight excluding hydrogens is 200 g/mol. The number of nitriles is 1. The average molecular weight is 208 g/mol. The minimum atomic E-state index is 0.148. The number of nitrogens with two attached hydrogens (primary N) is 1. The van der Waals surface area contributed by atoms with Crippen LogP contribution in [0.3, 0.4) is 0 Å². The van der Waals surface area contributed by atoms with E-state index in [9.17, 15) is 0 Å². The lowest BCUT2D eigenvalue weighted by Crippen LogP contribution is -2.09. The molecule has 66 valence electrons. The highest BCUT2D eigenvalue weighted by atomic mass is 32.1. The number of rotatable bonds is 2. The lowest BCUT2D eigenvalue weighted by atomic mass is 10.2. The summed E-state index contributed by atoms with van der Waals surface area (Å²) in [5, 5.41) is 10.7. The molecule has 0 saturated heterocycles. The minimum Gasteiger partial charge on any atom is -0.389 e. The van der Waals surface area contributed by atoms with Gasteiger partial charge in [0.15, 0.2) is 0 Å². The quantitative estimate of drug-likeness (QED) is 0.460. The molecule has 0 atom stereocenters. The van der Waals surface area contributed by atoms with Gasteiger partial charge in [0.25, 0.3) is 0 Å². The summed E-state index contributed by atoms with van der Waals surface area (Å²) in [6.07, 6.45) is 1.72. The maximum absolute atomic E-state index is 8.70. The Kier molecular flexibility index (Phi) is 3.18. The van der Waals surface area contributed by atoms with E-state index in [1.807, 2.05) is 24.4 Å². The van der Waals surface area contributed by atoms with Gasteiger partial charge in [-0.25, -0.2) is 0 Å². The average Bonchev–Trinajstić information content (AvgIpc) is 2.46. The van der Waals surface area contributed by atoms with Crippen molar-refractivity contribution >= 4 is 34.6 Å². The molecular formula is C9H8N2S2. The van der Waals surface area contributed by atoms with Gasteiger partial charge in [0.05, 0.1) is 5.57 Å². The van der Waals surface area contributed by atoms with Crippen LogP contribution in [0, 0.1) is 18.3 Å². The molecule has 0 amide bonds. The third kappa shape index (κ3) is 2.38. The molecule has 0 fully saturated rings. The predicted molar refractivity (Wildman–Crippen MR) is 59.4 cm³/mol. The Hall–Kier alpha value is -1.18. The van der Waals surface area contributed by atoms with E-state index in [0.29, 0.717) is 5.57 Å². The maximum atomic E-state index is 8.70. The predicted octanol–water partition coefficient (Wildman–Crippen LogP) is 2.25. The number of aryl methyl sites for hydroxylation is 1. The molecule has 0 bridgehead atoms. The summed E-state index contributed by atoms with van der Waals surface area (Å²) in [5.41, 5.74) is 6.85. The topological polar surface area (TPSA) is 49.8 Å². The second kappa shape index (κ2) is 4.17. The summed E-state index contributed by atoms with van der Waals surface area (Å²) in [6, 6.07) is 3.96. The van der Waals surface area contributed by atoms with E-state index in [1.54, 1.807) is 17.4 Å². The van der Waals surface area contributed by atoms with Crippen LogP contribution in [-0.4, -0.2) is 4.99 Å². The van der Waals surface area contributed by atoms with Gasteiger partial charge in [0, 0.05) is 4.88 Å². The molecule has 0 aliphatic rings. The Morgan fingerprint density at radius 2 is 2.46 bits per heavy atom. The van der Waals surface area contributed by atoms with Gasteiger partial charge in [-0.2, -0.15) is 5.26 Å². The molecule has 13 heavy (non-hydrogen) atoms. The maximum Gasteiger partial charge on any atom is 0.114 e. The van der Waals surface area contributed by atoms with E-state index < -0.39 is 0 Å². The zero-order valence-electron chi connectivity index (χ0n) is 7.07. The van der Waals surface area contributed by atoms with Crippen LogP contribution in [0.1, 0.15) is 10.4 Å². The lowest BCUT2D eigenvalue weighted by Gasteiger charge is -1.93. The van der Waals surface area contributed by atoms with Crippen molar-refractivity contribution in [3.8, 4) is 6.07 Å². The Labute approximate surface area is 86.3 Å². The number of nitrogens with zero attached hydrogens (tertiary/aromatic N) is 1. The fourth-order valence-electron chi connectivity index (χ4n) is 0.822. The third-order valence-electron chi connectivity index (χ3n) is 1.56. The molecule has 0 aromatic carbocycles. The molecule has 4 heteroatoms. The van der Waals surface area contributed by atoms with Crippen molar-refractivity contribution in [1.82, 2.24) is 0 Å². The van der Waals surface area contributed by atoms with E-state index in [4.69, 9.17) is 23.2 Å². The first-order valence-corrected chi connectivity index (χ1v) is 4.89. The molecule has 0 spiro atoms. The number of thiophene rings is 1. The smallest absolute Gasteiger partial charge is 0.114 e. The first-order valence-electron chi connectivity index (χ1n) is 3.61. The molecule has 2 nitrogen and oxygen atoms in total. The van der Waals surface area contributed by atoms with E-state index in [1.165, 1.54) is 0 Å². The number of hydrogen-bond donors (Lipinski definition) is 1. The van der Waals surface area contributed by atoms with Crippen molar-refractivity contribution < 1.29 is 0 Å². The summed E-state index contributed by atoms with van der Waals surface area (Å²) in [7, 11) is 0. The Morgan fingerprint density at radius 3 is 2.85 bits per heavy atom. The van der Waals surface area contributed by atoms with Crippen molar-refractivity contribution in [2.45, 2.75) is 6.92 Å². The van der Waals surface area contributed by atoms with Crippen LogP contribution in [0.4, 0.5) is 0 Å². The highest BCUT2D eigenvalue weighted by molar-refractivity contribution is 7.80. The molecule has 0 unspecified atom stereocenters. The molecule has 0 aliphatic carbocycles. The van der Waals surface area contributed by atoms with Gasteiger partial charge in [0.1, 0.15) is 11.1 Å². The zero-order valence-corrected chi connectivity index (χ0v) is 8.71. The SMILES string of the molecule is Cc1ccsc1C=C(C#N)C(N)=S. The van der Waals surface area contributed by atoms with E-state index in [0.717, 1.165) is 10.4 Å². The first-order chi connectivity index (χ1) is 6.15. The Balaban J connectivity index is 3.07. The summed E-state index contributed by atoms with van der Waals surface area (Å²) in [5.74, 6) is 0. The summed E-state index contributed by atoms with van der Waals surface area (Å²) in [6.45, 7) is 1.98. The zero-order chi connectivity index (χ0) is 9.84. The number of thiocarbonyl (C=S) groups is 1. The third-order valence-corrected chi connectivity index (χ3v) is 2.75. The van der Waals surface area contributed by atoms with Crippen molar-refractivity contribution in [3.05, 3.63) is 27.5 Å². The van der Waals surface area contributed by atoms with Crippen LogP contribution >= 0.6 is 23.6 Å². The lowest BCUT2D eigenvalue weighted by molar-refractivity contribution is 1.50. The summed E-state index contributed by atoms with van der Waals surface area (Å²) < 4.78 is 0. The van der Waals surface area contributed by atoms with E-state index in [-0.39, 0.29) is 4.99 Å². The molecule has 2 N–H and O–H groups in total. The first kappa shape index (κ1) is 9.90. The van der Waals surface area contributed by atoms with Crippen LogP contribution < -0.4 is 5.73 Å². The highest BCUT2D eigenvalue weighted by Gasteiger charge is 2.01. The monoisotopic (exact) mass is 208 g/mol. The molecule has 1 aromatic rings. The largest absolute Gasteiger partial charge is 0.389 e. The fraction of sp³-hybridized carbons (Fsp3) is 0.111. The van der Waals surface area contributed by atoms with Crippen molar-refractivity contribution in [1.29, 1.82) is 5.26 Å². The molecule has 0 aliphatic heterocycles. The van der Waals surface area contributed by atoms with E-state index in [2.05, 4.69) is 0 Å². The Bertz CT molecular complexity index is 396. The molecule has 1 heterocycles. The second-order valence-corrected chi connectivity index (χ2v) is 3.89. The van der Waals surface area contributed by atoms with E-state index >= 15 is 0 Å². The van der Waals surface area contributed by atoms with Crippen molar-refractivity contribution in [2.24, 2.45) is 5.73 Å². The highest BCUT2D eigenvalue weighted by Crippen LogP contribution is 2.18. The minimum absolute atomic E-state index is 0.148. The van der Waals surface area contributed by atoms with Crippen LogP contribution in [0.5, 0.6) is 0 Å². The van der Waals surface area contributed by atoms with Gasteiger partial charge in [0.2, 0.25) is 0 Å². The van der Waals surface area contributed by atoms with Gasteiger partial charge in [-0.3, -0.25) is 0 Å². The number of hydrogen-bond acceptors (Lipinski definition) is 3. The van der Waals surface area contributed by atoms with Crippen LogP contribution in [-0.2, 0) is 0 Å². The molecule has 1 rings (SSSR count). The van der Waals surface area contributed by atoms with Crippen LogP contribution in [0.15, 0.2) is 17.0 Å². The Morgan fingerprint density at radius 1 is 1.77 bits per heavy atom. The van der Waals surface area contributed by atoms with Crippen molar-refractivity contribution in [2.75, 3.05) is 0 Å². The molecule has 0 radical (unpaired) electrons. The fourth-order valence-corrected chi connectivity index (χ4v) is 1.79. The molecule has 1 aromatic heterocycles. The summed E-state index contributed by atoms with van der Waals surface area (Å²) >= 11 is 6.29. The van der Waals surface area contributed by atoms with Gasteiger partial charge >= 0.3 is 0 Å². The molecule has 0 saturated carbocycles. The van der Waals surface area contributed by atoms with Crippen LogP contribution in [0.25, 0.3) is 6.08 Å². The van der Waals surface area contributed by atoms with Gasteiger partial charge in [-0.15, -0.1) is 11.3 Å². The van der Waals surface area contributed by atoms with Crippen molar-refractivity contribution in [3.63, 3.8) is 0 Å². The second-order valence-electron chi connectivity index (χ2n) is 2.50. The van der Waals surface area contributed by atoms with Gasteiger partial charge < -0.3 is 5.73 Å². The van der Waals surface area contributed by atoms with Crippen LogP contribution in [0.2, 0.25) is 0 Å².